The smallest absolute Gasteiger partial charge is 0.0465 e. The van der Waals surface area contributed by atoms with Gasteiger partial charge < -0.3 is 10.1 Å². The van der Waals surface area contributed by atoms with Gasteiger partial charge in [-0.1, -0.05) is 44.2 Å². The lowest BCUT2D eigenvalue weighted by Crippen LogP contribution is -2.37. The largest absolute Gasteiger partial charge is 0.385 e. The SMILES string of the molecule is CCNC(Cc1ccccc1)C(C)CCOC. The second kappa shape index (κ2) is 8.26. The fourth-order valence-corrected chi connectivity index (χ4v) is 2.11. The molecule has 0 aliphatic heterocycles. The summed E-state index contributed by atoms with van der Waals surface area (Å²) in [6.45, 7) is 6.34. The summed E-state index contributed by atoms with van der Waals surface area (Å²) in [7, 11) is 1.77. The normalized spacial score (nSPS) is 14.5. The molecule has 0 aliphatic rings. The molecule has 0 aromatic heterocycles. The van der Waals surface area contributed by atoms with Gasteiger partial charge in [-0.05, 0) is 30.9 Å². The summed E-state index contributed by atoms with van der Waals surface area (Å²) in [4.78, 5) is 0. The van der Waals surface area contributed by atoms with E-state index in [1.165, 1.54) is 5.56 Å². The van der Waals surface area contributed by atoms with E-state index in [4.69, 9.17) is 4.74 Å². The van der Waals surface area contributed by atoms with Crippen LogP contribution in [0.3, 0.4) is 0 Å². The van der Waals surface area contributed by atoms with Crippen molar-refractivity contribution in [1.29, 1.82) is 0 Å². The molecule has 0 spiro atoms. The Hall–Kier alpha value is -0.860. The minimum absolute atomic E-state index is 0.539. The Morgan fingerprint density at radius 2 is 1.94 bits per heavy atom. The summed E-state index contributed by atoms with van der Waals surface area (Å²) in [5, 5.41) is 3.58. The maximum atomic E-state index is 5.16. The van der Waals surface area contributed by atoms with E-state index in [0.717, 1.165) is 26.0 Å². The van der Waals surface area contributed by atoms with Crippen LogP contribution in [-0.2, 0) is 11.2 Å². The number of methoxy groups -OCH3 is 1. The van der Waals surface area contributed by atoms with E-state index in [0.29, 0.717) is 12.0 Å². The molecule has 0 heterocycles. The molecular weight excluding hydrogens is 210 g/mol. The maximum Gasteiger partial charge on any atom is 0.0465 e. The topological polar surface area (TPSA) is 21.3 Å². The molecule has 1 aromatic carbocycles. The maximum absolute atomic E-state index is 5.16. The quantitative estimate of drug-likeness (QED) is 0.748. The van der Waals surface area contributed by atoms with Crippen LogP contribution < -0.4 is 5.32 Å². The number of rotatable bonds is 8. The van der Waals surface area contributed by atoms with E-state index in [1.807, 2.05) is 0 Å². The lowest BCUT2D eigenvalue weighted by Gasteiger charge is -2.24. The van der Waals surface area contributed by atoms with E-state index in [1.54, 1.807) is 7.11 Å². The van der Waals surface area contributed by atoms with Crippen LogP contribution in [0.15, 0.2) is 30.3 Å². The van der Waals surface area contributed by atoms with Gasteiger partial charge in [-0.25, -0.2) is 0 Å². The summed E-state index contributed by atoms with van der Waals surface area (Å²) in [5.74, 6) is 0.634. The third-order valence-corrected chi connectivity index (χ3v) is 3.23. The molecule has 0 fully saturated rings. The highest BCUT2D eigenvalue weighted by atomic mass is 16.5. The average Bonchev–Trinajstić information content (AvgIpc) is 2.36. The summed E-state index contributed by atoms with van der Waals surface area (Å²) in [5.41, 5.74) is 1.41. The molecule has 1 aromatic rings. The zero-order valence-corrected chi connectivity index (χ0v) is 11.3. The lowest BCUT2D eigenvalue weighted by molar-refractivity contribution is 0.170. The van der Waals surface area contributed by atoms with E-state index >= 15 is 0 Å². The number of hydrogen-bond donors (Lipinski definition) is 1. The molecule has 17 heavy (non-hydrogen) atoms. The summed E-state index contributed by atoms with van der Waals surface area (Å²) >= 11 is 0. The molecule has 0 bridgehead atoms. The molecule has 0 aliphatic carbocycles. The van der Waals surface area contributed by atoms with Gasteiger partial charge in [0.05, 0.1) is 0 Å². The minimum atomic E-state index is 0.539. The van der Waals surface area contributed by atoms with Gasteiger partial charge >= 0.3 is 0 Å². The molecule has 1 N–H and O–H groups in total. The Kier molecular flexibility index (Phi) is 6.90. The molecular formula is C15H25NO. The molecule has 2 nitrogen and oxygen atoms in total. The third kappa shape index (κ3) is 5.33. The molecule has 2 atom stereocenters. The van der Waals surface area contributed by atoms with Crippen molar-refractivity contribution in [2.75, 3.05) is 20.3 Å². The van der Waals surface area contributed by atoms with Gasteiger partial charge in [0.1, 0.15) is 0 Å². The van der Waals surface area contributed by atoms with Crippen LogP contribution in [0.2, 0.25) is 0 Å². The van der Waals surface area contributed by atoms with Crippen molar-refractivity contribution in [3.05, 3.63) is 35.9 Å². The van der Waals surface area contributed by atoms with Crippen molar-refractivity contribution in [2.45, 2.75) is 32.7 Å². The predicted molar refractivity (Wildman–Crippen MR) is 73.3 cm³/mol. The second-order valence-corrected chi connectivity index (χ2v) is 4.61. The zero-order valence-electron chi connectivity index (χ0n) is 11.3. The van der Waals surface area contributed by atoms with Crippen molar-refractivity contribution < 1.29 is 4.74 Å². The number of likely N-dealkylation sites (N-methyl/N-ethyl adjacent to an activating group) is 1. The Morgan fingerprint density at radius 3 is 2.53 bits per heavy atom. The molecule has 0 radical (unpaired) electrons. The van der Waals surface area contributed by atoms with Gasteiger partial charge in [0.25, 0.3) is 0 Å². The monoisotopic (exact) mass is 235 g/mol. The van der Waals surface area contributed by atoms with Gasteiger partial charge in [-0.3, -0.25) is 0 Å². The first-order chi connectivity index (χ1) is 8.27. The van der Waals surface area contributed by atoms with E-state index in [9.17, 15) is 0 Å². The van der Waals surface area contributed by atoms with Gasteiger partial charge in [-0.15, -0.1) is 0 Å². The van der Waals surface area contributed by atoms with Crippen molar-refractivity contribution >= 4 is 0 Å². The Bertz CT molecular complexity index is 286. The first-order valence-electron chi connectivity index (χ1n) is 6.54. The standard InChI is InChI=1S/C15H25NO/c1-4-16-15(13(2)10-11-17-3)12-14-8-6-5-7-9-14/h5-9,13,15-16H,4,10-12H2,1-3H3. The molecule has 0 amide bonds. The van der Waals surface area contributed by atoms with Crippen molar-refractivity contribution in [2.24, 2.45) is 5.92 Å². The van der Waals surface area contributed by atoms with Gasteiger partial charge in [0, 0.05) is 19.8 Å². The highest BCUT2D eigenvalue weighted by molar-refractivity contribution is 5.16. The van der Waals surface area contributed by atoms with Crippen LogP contribution >= 0.6 is 0 Å². The van der Waals surface area contributed by atoms with Crippen LogP contribution in [0.4, 0.5) is 0 Å². The van der Waals surface area contributed by atoms with Crippen molar-refractivity contribution in [3.63, 3.8) is 0 Å². The van der Waals surface area contributed by atoms with Crippen LogP contribution in [0.25, 0.3) is 0 Å². The van der Waals surface area contributed by atoms with Crippen molar-refractivity contribution in [1.82, 2.24) is 5.32 Å². The summed E-state index contributed by atoms with van der Waals surface area (Å²) in [6.07, 6.45) is 2.21. The Morgan fingerprint density at radius 1 is 1.24 bits per heavy atom. The van der Waals surface area contributed by atoms with E-state index in [-0.39, 0.29) is 0 Å². The lowest BCUT2D eigenvalue weighted by atomic mass is 9.92. The first kappa shape index (κ1) is 14.2. The minimum Gasteiger partial charge on any atom is -0.385 e. The molecule has 0 saturated heterocycles. The summed E-state index contributed by atoms with van der Waals surface area (Å²) in [6, 6.07) is 11.2. The molecule has 96 valence electrons. The second-order valence-electron chi connectivity index (χ2n) is 4.61. The Balaban J connectivity index is 2.53. The predicted octanol–water partition coefficient (Wildman–Crippen LogP) is 2.88. The molecule has 2 unspecified atom stereocenters. The Labute approximate surface area is 105 Å². The van der Waals surface area contributed by atoms with E-state index < -0.39 is 0 Å². The first-order valence-corrected chi connectivity index (χ1v) is 6.54. The van der Waals surface area contributed by atoms with Gasteiger partial charge in [0.2, 0.25) is 0 Å². The van der Waals surface area contributed by atoms with Crippen molar-refractivity contribution in [3.8, 4) is 0 Å². The average molecular weight is 235 g/mol. The third-order valence-electron chi connectivity index (χ3n) is 3.23. The number of hydrogen-bond acceptors (Lipinski definition) is 2. The number of benzene rings is 1. The molecule has 2 heteroatoms. The van der Waals surface area contributed by atoms with Crippen LogP contribution in [0.1, 0.15) is 25.8 Å². The highest BCUT2D eigenvalue weighted by Crippen LogP contribution is 2.14. The molecule has 1 rings (SSSR count). The van der Waals surface area contributed by atoms with Crippen LogP contribution in [-0.4, -0.2) is 26.3 Å². The summed E-state index contributed by atoms with van der Waals surface area (Å²) < 4.78 is 5.16. The number of ether oxygens (including phenoxy) is 1. The molecule has 0 saturated carbocycles. The van der Waals surface area contributed by atoms with E-state index in [2.05, 4.69) is 49.5 Å². The van der Waals surface area contributed by atoms with Crippen LogP contribution in [0, 0.1) is 5.92 Å². The highest BCUT2D eigenvalue weighted by Gasteiger charge is 2.16. The van der Waals surface area contributed by atoms with Gasteiger partial charge in [0.15, 0.2) is 0 Å². The fourth-order valence-electron chi connectivity index (χ4n) is 2.11. The number of nitrogens with one attached hydrogen (secondary N) is 1. The van der Waals surface area contributed by atoms with Gasteiger partial charge in [-0.2, -0.15) is 0 Å². The van der Waals surface area contributed by atoms with Crippen LogP contribution in [0.5, 0.6) is 0 Å². The fraction of sp³-hybridized carbons (Fsp3) is 0.600. The zero-order chi connectivity index (χ0) is 12.5.